The Morgan fingerprint density at radius 1 is 0.789 bits per heavy atom. The molecule has 19 heavy (non-hydrogen) atoms. The lowest BCUT2D eigenvalue weighted by atomic mass is 10.3. The Hall–Kier alpha value is -0.830. The molecule has 0 saturated carbocycles. The standard InChI is InChI=1S/C2H4BFO3.3BFH2O2/c1-2(5)7-3(4)6;3*2-1(3)4/h6H,1H3;3*3-4H. The Balaban J connectivity index is -0.0000000825. The number of hydrogen-bond donors (Lipinski definition) is 7. The summed E-state index contributed by atoms with van der Waals surface area (Å²) in [5.41, 5.74) is 0. The molecule has 0 fully saturated rings. The van der Waals surface area contributed by atoms with Crippen LogP contribution in [0, 0.1) is 0 Å². The molecule has 0 rings (SSSR count). The van der Waals surface area contributed by atoms with Gasteiger partial charge in [0.25, 0.3) is 5.97 Å². The molecule has 0 aromatic carbocycles. The van der Waals surface area contributed by atoms with Crippen LogP contribution in [0.25, 0.3) is 0 Å². The van der Waals surface area contributed by atoms with Crippen LogP contribution in [0.3, 0.4) is 0 Å². The molecule has 0 saturated heterocycles. The van der Waals surface area contributed by atoms with E-state index in [9.17, 15) is 22.1 Å². The number of rotatable bonds is 1. The van der Waals surface area contributed by atoms with Crippen LogP contribution in [0.4, 0.5) is 17.3 Å². The van der Waals surface area contributed by atoms with Gasteiger partial charge in [-0.3, -0.25) is 17.7 Å². The molecule has 0 aliphatic carbocycles. The van der Waals surface area contributed by atoms with Crippen molar-refractivity contribution in [2.24, 2.45) is 0 Å². The predicted molar refractivity (Wildman–Crippen MR) is 54.7 cm³/mol. The second kappa shape index (κ2) is 19.5. The molecule has 0 bridgehead atoms. The van der Waals surface area contributed by atoms with Crippen LogP contribution in [0.2, 0.25) is 0 Å². The van der Waals surface area contributed by atoms with E-state index < -0.39 is 35.6 Å². The minimum atomic E-state index is -2.67. The summed E-state index contributed by atoms with van der Waals surface area (Å²) in [7, 11) is -10.5. The van der Waals surface area contributed by atoms with Crippen LogP contribution in [0.15, 0.2) is 0 Å². The van der Waals surface area contributed by atoms with Crippen molar-refractivity contribution in [2.75, 3.05) is 0 Å². The summed E-state index contributed by atoms with van der Waals surface area (Å²) in [6, 6.07) is 0. The minimum Gasteiger partial charge on any atom is -0.482 e. The third-order valence-electron chi connectivity index (χ3n) is 0.263. The van der Waals surface area contributed by atoms with Crippen molar-refractivity contribution < 1.29 is 61.9 Å². The van der Waals surface area contributed by atoms with Crippen molar-refractivity contribution in [1.29, 1.82) is 0 Å². The van der Waals surface area contributed by atoms with E-state index in [-0.39, 0.29) is 0 Å². The summed E-state index contributed by atoms with van der Waals surface area (Å²) < 4.78 is 44.9. The van der Waals surface area contributed by atoms with Gasteiger partial charge < -0.3 is 39.8 Å². The maximum atomic E-state index is 11.1. The van der Waals surface area contributed by atoms with Crippen molar-refractivity contribution in [3.05, 3.63) is 0 Å². The molecule has 9 nitrogen and oxygen atoms in total. The van der Waals surface area contributed by atoms with Crippen molar-refractivity contribution in [2.45, 2.75) is 6.92 Å². The molecule has 0 spiro atoms. The van der Waals surface area contributed by atoms with Crippen LogP contribution < -0.4 is 0 Å². The first-order valence-electron chi connectivity index (χ1n) is 3.82. The summed E-state index contributed by atoms with van der Waals surface area (Å²) in [5, 5.41) is 49.3. The summed E-state index contributed by atoms with van der Waals surface area (Å²) in [6.07, 6.45) is 0. The molecule has 112 valence electrons. The Kier molecular flexibility index (Phi) is 27.4. The lowest BCUT2D eigenvalue weighted by Crippen LogP contribution is -2.14. The second-order valence-corrected chi connectivity index (χ2v) is 1.83. The quantitative estimate of drug-likeness (QED) is 0.190. The van der Waals surface area contributed by atoms with Crippen molar-refractivity contribution in [3.8, 4) is 0 Å². The molecule has 0 aromatic rings. The molecule has 7 N–H and O–H groups in total. The maximum Gasteiger partial charge on any atom is 0.753 e. The SMILES string of the molecule is CC(=O)OB(O)F.OB(O)F.OB(O)F.OB(O)F. The smallest absolute Gasteiger partial charge is 0.482 e. The molecule has 0 heterocycles. The fraction of sp³-hybridized carbons (Fsp3) is 0.500. The molecule has 17 heteroatoms. The van der Waals surface area contributed by atoms with Gasteiger partial charge in [-0.15, -0.1) is 0 Å². The van der Waals surface area contributed by atoms with Gasteiger partial charge >= 0.3 is 29.6 Å². The lowest BCUT2D eigenvalue weighted by molar-refractivity contribution is -0.133. The van der Waals surface area contributed by atoms with E-state index in [2.05, 4.69) is 4.65 Å². The maximum absolute atomic E-state index is 11.1. The van der Waals surface area contributed by atoms with Crippen LogP contribution in [-0.2, 0) is 9.45 Å². The van der Waals surface area contributed by atoms with Gasteiger partial charge in [0.15, 0.2) is 0 Å². The van der Waals surface area contributed by atoms with Crippen LogP contribution in [-0.4, -0.2) is 70.7 Å². The van der Waals surface area contributed by atoms with Gasteiger partial charge in [-0.2, -0.15) is 0 Å². The van der Waals surface area contributed by atoms with E-state index in [1.54, 1.807) is 0 Å². The molecule has 0 radical (unpaired) electrons. The molecular weight excluding hydrogens is 287 g/mol. The van der Waals surface area contributed by atoms with E-state index in [0.717, 1.165) is 6.92 Å². The van der Waals surface area contributed by atoms with Gasteiger partial charge in [-0.05, 0) is 0 Å². The van der Waals surface area contributed by atoms with Crippen molar-refractivity contribution in [3.63, 3.8) is 0 Å². The normalized spacial score (nSPS) is 7.16. The molecular formula is C2H10B4F4O9. The summed E-state index contributed by atoms with van der Waals surface area (Å²) in [6.45, 7) is 1.00. The van der Waals surface area contributed by atoms with E-state index in [1.165, 1.54) is 0 Å². The highest BCUT2D eigenvalue weighted by Crippen LogP contribution is 1.80. The number of carbonyl (C=O) groups is 1. The third-order valence-corrected chi connectivity index (χ3v) is 0.263. The highest BCUT2D eigenvalue weighted by molar-refractivity contribution is 6.36. The summed E-state index contributed by atoms with van der Waals surface area (Å²) in [5.74, 6) is -0.838. The molecule has 0 amide bonds. The van der Waals surface area contributed by atoms with Gasteiger partial charge in [0.1, 0.15) is 0 Å². The van der Waals surface area contributed by atoms with Crippen molar-refractivity contribution >= 4 is 35.6 Å². The summed E-state index contributed by atoms with van der Waals surface area (Å²) in [4.78, 5) is 9.63. The van der Waals surface area contributed by atoms with Crippen LogP contribution in [0.1, 0.15) is 6.92 Å². The molecule has 0 unspecified atom stereocenters. The topological polar surface area (TPSA) is 168 Å². The Morgan fingerprint density at radius 2 is 0.947 bits per heavy atom. The first-order valence-corrected chi connectivity index (χ1v) is 3.82. The monoisotopic (exact) mass is 298 g/mol. The lowest BCUT2D eigenvalue weighted by Gasteiger charge is -1.91. The zero-order valence-corrected chi connectivity index (χ0v) is 9.27. The first-order chi connectivity index (χ1) is 8.32. The average molecular weight is 297 g/mol. The molecule has 0 aliphatic rings. The third kappa shape index (κ3) is 393. The Morgan fingerprint density at radius 3 is 0.947 bits per heavy atom. The zero-order chi connectivity index (χ0) is 16.6. The average Bonchev–Trinajstić information content (AvgIpc) is 1.95. The van der Waals surface area contributed by atoms with Gasteiger partial charge in [-0.1, -0.05) is 0 Å². The zero-order valence-electron chi connectivity index (χ0n) is 9.27. The molecule has 0 atom stereocenters. The van der Waals surface area contributed by atoms with Crippen LogP contribution >= 0.6 is 0 Å². The van der Waals surface area contributed by atoms with Gasteiger partial charge in [0, 0.05) is 6.92 Å². The highest BCUT2D eigenvalue weighted by atomic mass is 19.1. The van der Waals surface area contributed by atoms with E-state index in [4.69, 9.17) is 35.2 Å². The van der Waals surface area contributed by atoms with E-state index >= 15 is 0 Å². The summed E-state index contributed by atoms with van der Waals surface area (Å²) >= 11 is 0. The minimum absolute atomic E-state index is 0.838. The van der Waals surface area contributed by atoms with E-state index in [0.29, 0.717) is 0 Å². The second-order valence-electron chi connectivity index (χ2n) is 1.83. The van der Waals surface area contributed by atoms with Gasteiger partial charge in [0.2, 0.25) is 0 Å². The van der Waals surface area contributed by atoms with Crippen molar-refractivity contribution in [1.82, 2.24) is 0 Å². The number of hydrogen-bond acceptors (Lipinski definition) is 9. The van der Waals surface area contributed by atoms with Crippen LogP contribution in [0.5, 0.6) is 0 Å². The fourth-order valence-electron chi connectivity index (χ4n) is 0.137. The van der Waals surface area contributed by atoms with Gasteiger partial charge in [-0.25, -0.2) is 4.32 Å². The predicted octanol–water partition coefficient (Wildman–Crippen LogP) is -3.73. The Labute approximate surface area is 105 Å². The fourth-order valence-corrected chi connectivity index (χ4v) is 0.137. The molecule has 0 aromatic heterocycles. The Bertz CT molecular complexity index is 161. The number of carbonyl (C=O) groups excluding carboxylic acids is 1. The number of halogens is 4. The first kappa shape index (κ1) is 26.7. The largest absolute Gasteiger partial charge is 0.753 e. The van der Waals surface area contributed by atoms with Gasteiger partial charge in [0.05, 0.1) is 0 Å². The highest BCUT2D eigenvalue weighted by Gasteiger charge is 2.14. The van der Waals surface area contributed by atoms with E-state index in [1.807, 2.05) is 0 Å². The molecule has 0 aliphatic heterocycles.